The first-order valence-electron chi connectivity index (χ1n) is 11.2. The van der Waals surface area contributed by atoms with Crippen molar-refractivity contribution in [3.8, 4) is 5.75 Å². The maximum atomic E-state index is 12.8. The molecule has 0 saturated carbocycles. The highest BCUT2D eigenvalue weighted by Crippen LogP contribution is 2.26. The number of aromatic hydroxyl groups is 1. The molecule has 0 unspecified atom stereocenters. The second kappa shape index (κ2) is 9.16. The van der Waals surface area contributed by atoms with E-state index in [0.717, 1.165) is 83.4 Å². The zero-order valence-corrected chi connectivity index (χ0v) is 17.3. The lowest BCUT2D eigenvalue weighted by Crippen LogP contribution is -2.52. The smallest absolute Gasteiger partial charge is 0.226 e. The monoisotopic (exact) mass is 399 g/mol. The van der Waals surface area contributed by atoms with Crippen LogP contribution in [0.5, 0.6) is 5.75 Å². The Bertz CT molecular complexity index is 724. The molecule has 3 fully saturated rings. The fraction of sp³-hybridized carbons (Fsp3) is 0.652. The molecule has 3 aliphatic heterocycles. The number of benzene rings is 1. The Hall–Kier alpha value is -2.08. The van der Waals surface area contributed by atoms with E-state index < -0.39 is 0 Å². The molecule has 0 bridgehead atoms. The van der Waals surface area contributed by atoms with Crippen LogP contribution < -0.4 is 0 Å². The maximum Gasteiger partial charge on any atom is 0.226 e. The molecule has 1 N–H and O–H groups in total. The summed E-state index contributed by atoms with van der Waals surface area (Å²) in [5, 5.41) is 9.59. The first kappa shape index (κ1) is 20.2. The number of likely N-dealkylation sites (tertiary alicyclic amines) is 3. The van der Waals surface area contributed by atoms with Crippen molar-refractivity contribution < 1.29 is 14.7 Å². The summed E-state index contributed by atoms with van der Waals surface area (Å²) in [6.07, 6.45) is 6.73. The van der Waals surface area contributed by atoms with Gasteiger partial charge in [0.1, 0.15) is 5.75 Å². The van der Waals surface area contributed by atoms with Crippen molar-refractivity contribution >= 4 is 11.8 Å². The minimum Gasteiger partial charge on any atom is -0.508 e. The minimum atomic E-state index is 0.134. The highest BCUT2D eigenvalue weighted by Gasteiger charge is 2.34. The standard InChI is InChI=1S/C23H33N3O3/c27-21-7-3-5-18(15-21)16-22(28)24-13-8-20(9-14-24)26-12-4-6-19(17-26)23(29)25-10-1-2-11-25/h3,5,7,15,19-20,27H,1-2,4,6,8-14,16-17H2/t19-/m1/s1. The Labute approximate surface area is 173 Å². The highest BCUT2D eigenvalue weighted by molar-refractivity contribution is 5.79. The van der Waals surface area contributed by atoms with E-state index in [1.54, 1.807) is 18.2 Å². The van der Waals surface area contributed by atoms with Crippen molar-refractivity contribution in [3.63, 3.8) is 0 Å². The van der Waals surface area contributed by atoms with Crippen molar-refractivity contribution in [3.05, 3.63) is 29.8 Å². The van der Waals surface area contributed by atoms with Gasteiger partial charge in [0.25, 0.3) is 0 Å². The number of carbonyl (C=O) groups excluding carboxylic acids is 2. The SMILES string of the molecule is O=C(Cc1cccc(O)c1)N1CCC(N2CCC[C@@H](C(=O)N3CCCC3)C2)CC1. The molecule has 1 atom stereocenters. The van der Waals surface area contributed by atoms with Gasteiger partial charge in [-0.15, -0.1) is 0 Å². The molecule has 6 nitrogen and oxygen atoms in total. The molecular formula is C23H33N3O3. The number of phenolic OH excluding ortho intramolecular Hbond substituents is 1. The molecule has 0 aromatic heterocycles. The molecule has 3 saturated heterocycles. The molecule has 29 heavy (non-hydrogen) atoms. The van der Waals surface area contributed by atoms with Crippen molar-refractivity contribution in [2.24, 2.45) is 5.92 Å². The van der Waals surface area contributed by atoms with E-state index in [0.29, 0.717) is 18.4 Å². The van der Waals surface area contributed by atoms with Crippen LogP contribution in [0.25, 0.3) is 0 Å². The zero-order valence-electron chi connectivity index (χ0n) is 17.3. The van der Waals surface area contributed by atoms with Gasteiger partial charge < -0.3 is 14.9 Å². The predicted octanol–water partition coefficient (Wildman–Crippen LogP) is 2.26. The number of hydrogen-bond acceptors (Lipinski definition) is 4. The third kappa shape index (κ3) is 4.92. The number of piperidine rings is 2. The van der Waals surface area contributed by atoms with Gasteiger partial charge in [-0.1, -0.05) is 12.1 Å². The molecule has 2 amide bonds. The van der Waals surface area contributed by atoms with E-state index in [1.165, 1.54) is 0 Å². The van der Waals surface area contributed by atoms with Gasteiger partial charge in [0.2, 0.25) is 11.8 Å². The van der Waals surface area contributed by atoms with Gasteiger partial charge in [-0.25, -0.2) is 0 Å². The molecule has 0 radical (unpaired) electrons. The molecule has 1 aromatic rings. The number of nitrogens with zero attached hydrogens (tertiary/aromatic N) is 3. The van der Waals surface area contributed by atoms with Crippen LogP contribution in [0, 0.1) is 5.92 Å². The van der Waals surface area contributed by atoms with Crippen LogP contribution in [0.3, 0.4) is 0 Å². The predicted molar refractivity (Wildman–Crippen MR) is 112 cm³/mol. The largest absolute Gasteiger partial charge is 0.508 e. The van der Waals surface area contributed by atoms with Crippen LogP contribution in [0.1, 0.15) is 44.1 Å². The van der Waals surface area contributed by atoms with E-state index >= 15 is 0 Å². The second-order valence-corrected chi connectivity index (χ2v) is 8.83. The summed E-state index contributed by atoms with van der Waals surface area (Å²) in [5.41, 5.74) is 0.858. The number of phenols is 1. The maximum absolute atomic E-state index is 12.8. The van der Waals surface area contributed by atoms with Gasteiger partial charge in [0.15, 0.2) is 0 Å². The van der Waals surface area contributed by atoms with Gasteiger partial charge in [0, 0.05) is 38.8 Å². The van der Waals surface area contributed by atoms with Crippen molar-refractivity contribution in [2.75, 3.05) is 39.3 Å². The van der Waals surface area contributed by atoms with E-state index in [4.69, 9.17) is 0 Å². The fourth-order valence-corrected chi connectivity index (χ4v) is 5.17. The summed E-state index contributed by atoms with van der Waals surface area (Å²) in [4.78, 5) is 32.0. The Balaban J connectivity index is 1.26. The summed E-state index contributed by atoms with van der Waals surface area (Å²) < 4.78 is 0. The fourth-order valence-electron chi connectivity index (χ4n) is 5.17. The number of hydrogen-bond donors (Lipinski definition) is 1. The summed E-state index contributed by atoms with van der Waals surface area (Å²) in [6.45, 7) is 5.40. The molecule has 4 rings (SSSR count). The average molecular weight is 400 g/mol. The molecule has 1 aromatic carbocycles. The lowest BCUT2D eigenvalue weighted by Gasteiger charge is -2.42. The molecule has 158 valence electrons. The van der Waals surface area contributed by atoms with E-state index in [-0.39, 0.29) is 17.6 Å². The number of carbonyl (C=O) groups is 2. The Morgan fingerprint density at radius 1 is 0.931 bits per heavy atom. The van der Waals surface area contributed by atoms with Gasteiger partial charge in [0.05, 0.1) is 12.3 Å². The van der Waals surface area contributed by atoms with Gasteiger partial charge in [-0.05, 0) is 62.8 Å². The summed E-state index contributed by atoms with van der Waals surface area (Å²) in [7, 11) is 0. The summed E-state index contributed by atoms with van der Waals surface area (Å²) in [5.74, 6) is 0.866. The molecule has 3 heterocycles. The Morgan fingerprint density at radius 3 is 2.41 bits per heavy atom. The van der Waals surface area contributed by atoms with Crippen LogP contribution in [-0.2, 0) is 16.0 Å². The third-order valence-electron chi connectivity index (χ3n) is 6.82. The van der Waals surface area contributed by atoms with Crippen LogP contribution in [-0.4, -0.2) is 76.9 Å². The Morgan fingerprint density at radius 2 is 1.69 bits per heavy atom. The highest BCUT2D eigenvalue weighted by atomic mass is 16.3. The first-order valence-corrected chi connectivity index (χ1v) is 11.2. The molecule has 6 heteroatoms. The van der Waals surface area contributed by atoms with Crippen molar-refractivity contribution in [1.29, 1.82) is 0 Å². The van der Waals surface area contributed by atoms with Crippen LogP contribution >= 0.6 is 0 Å². The van der Waals surface area contributed by atoms with Gasteiger partial charge in [-0.2, -0.15) is 0 Å². The van der Waals surface area contributed by atoms with Gasteiger partial charge in [-0.3, -0.25) is 14.5 Å². The zero-order chi connectivity index (χ0) is 20.2. The van der Waals surface area contributed by atoms with Crippen LogP contribution in [0.4, 0.5) is 0 Å². The number of rotatable bonds is 4. The van der Waals surface area contributed by atoms with Crippen molar-refractivity contribution in [1.82, 2.24) is 14.7 Å². The minimum absolute atomic E-state index is 0.134. The summed E-state index contributed by atoms with van der Waals surface area (Å²) in [6, 6.07) is 7.43. The average Bonchev–Trinajstić information content (AvgIpc) is 3.28. The van der Waals surface area contributed by atoms with Crippen molar-refractivity contribution in [2.45, 2.75) is 51.0 Å². The molecular weight excluding hydrogens is 366 g/mol. The number of amides is 2. The van der Waals surface area contributed by atoms with Crippen LogP contribution in [0.15, 0.2) is 24.3 Å². The lowest BCUT2D eigenvalue weighted by molar-refractivity contribution is -0.136. The molecule has 0 aliphatic carbocycles. The lowest BCUT2D eigenvalue weighted by atomic mass is 9.92. The van der Waals surface area contributed by atoms with E-state index in [9.17, 15) is 14.7 Å². The van der Waals surface area contributed by atoms with E-state index in [2.05, 4.69) is 9.80 Å². The molecule has 0 spiro atoms. The Kier molecular flexibility index (Phi) is 6.38. The van der Waals surface area contributed by atoms with E-state index in [1.807, 2.05) is 11.0 Å². The van der Waals surface area contributed by atoms with Crippen LogP contribution in [0.2, 0.25) is 0 Å². The summed E-state index contributed by atoms with van der Waals surface area (Å²) >= 11 is 0. The first-order chi connectivity index (χ1) is 14.1. The molecule has 3 aliphatic rings. The third-order valence-corrected chi connectivity index (χ3v) is 6.82. The second-order valence-electron chi connectivity index (χ2n) is 8.83. The normalized spacial score (nSPS) is 24.1. The topological polar surface area (TPSA) is 64.1 Å². The van der Waals surface area contributed by atoms with Gasteiger partial charge >= 0.3 is 0 Å². The quantitative estimate of drug-likeness (QED) is 0.844.